The molecule has 1 unspecified atom stereocenters. The maximum absolute atomic E-state index is 11.7. The van der Waals surface area contributed by atoms with Crippen molar-refractivity contribution >= 4 is 20.9 Å². The van der Waals surface area contributed by atoms with Crippen molar-refractivity contribution in [3.05, 3.63) is 36.0 Å². The highest BCUT2D eigenvalue weighted by atomic mass is 32.2. The minimum absolute atomic E-state index is 0.392. The van der Waals surface area contributed by atoms with Gasteiger partial charge in [0.25, 0.3) is 0 Å². The standard InChI is InChI=1S/C16H22N2O2S/c1-13-10-15-7-3-4-8-16(15)18(13)12-14-6-5-9-17(11-14)21(2,19)20/h3-4,7-8,10,14H,5-6,9,11-12H2,1-2H3. The molecule has 114 valence electrons. The van der Waals surface area contributed by atoms with E-state index in [1.807, 2.05) is 0 Å². The number of rotatable bonds is 3. The molecule has 2 heterocycles. The van der Waals surface area contributed by atoms with Crippen LogP contribution in [0.5, 0.6) is 0 Å². The van der Waals surface area contributed by atoms with E-state index in [-0.39, 0.29) is 0 Å². The molecule has 1 aliphatic rings. The van der Waals surface area contributed by atoms with Gasteiger partial charge in [-0.3, -0.25) is 0 Å². The fourth-order valence-corrected chi connectivity index (χ4v) is 4.27. The van der Waals surface area contributed by atoms with E-state index in [9.17, 15) is 8.42 Å². The predicted molar refractivity (Wildman–Crippen MR) is 85.8 cm³/mol. The minimum atomic E-state index is -3.07. The zero-order chi connectivity index (χ0) is 15.0. The molecule has 0 radical (unpaired) electrons. The van der Waals surface area contributed by atoms with Crippen LogP contribution in [0.4, 0.5) is 0 Å². The lowest BCUT2D eigenvalue weighted by Gasteiger charge is -2.31. The fraction of sp³-hybridized carbons (Fsp3) is 0.500. The molecule has 1 atom stereocenters. The summed E-state index contributed by atoms with van der Waals surface area (Å²) in [6.45, 7) is 4.33. The molecule has 1 saturated heterocycles. The number of sulfonamides is 1. The Morgan fingerprint density at radius 3 is 2.81 bits per heavy atom. The van der Waals surface area contributed by atoms with E-state index in [4.69, 9.17) is 0 Å². The lowest BCUT2D eigenvalue weighted by Crippen LogP contribution is -2.40. The SMILES string of the molecule is Cc1cc2ccccc2n1CC1CCCN(S(C)(=O)=O)C1. The molecule has 1 fully saturated rings. The molecule has 2 aromatic rings. The van der Waals surface area contributed by atoms with Gasteiger partial charge in [-0.25, -0.2) is 12.7 Å². The first-order chi connectivity index (χ1) is 9.95. The summed E-state index contributed by atoms with van der Waals surface area (Å²) in [7, 11) is -3.07. The van der Waals surface area contributed by atoms with Gasteiger partial charge < -0.3 is 4.57 Å². The van der Waals surface area contributed by atoms with E-state index in [0.717, 1.165) is 19.4 Å². The Morgan fingerprint density at radius 1 is 1.29 bits per heavy atom. The first-order valence-corrected chi connectivity index (χ1v) is 9.30. The summed E-state index contributed by atoms with van der Waals surface area (Å²) in [6, 6.07) is 10.6. The number of hydrogen-bond acceptors (Lipinski definition) is 2. The van der Waals surface area contributed by atoms with Crippen LogP contribution in [0.25, 0.3) is 10.9 Å². The lowest BCUT2D eigenvalue weighted by atomic mass is 9.99. The Bertz CT molecular complexity index is 749. The minimum Gasteiger partial charge on any atom is -0.345 e. The topological polar surface area (TPSA) is 42.3 Å². The van der Waals surface area contributed by atoms with Gasteiger partial charge in [-0.1, -0.05) is 18.2 Å². The number of aryl methyl sites for hydroxylation is 1. The Kier molecular flexibility index (Phi) is 3.80. The van der Waals surface area contributed by atoms with E-state index in [0.29, 0.717) is 19.0 Å². The molecule has 3 rings (SSSR count). The summed E-state index contributed by atoms with van der Waals surface area (Å²) in [4.78, 5) is 0. The molecule has 1 aromatic carbocycles. The zero-order valence-corrected chi connectivity index (χ0v) is 13.4. The quantitative estimate of drug-likeness (QED) is 0.875. The maximum Gasteiger partial charge on any atom is 0.211 e. The van der Waals surface area contributed by atoms with E-state index >= 15 is 0 Å². The summed E-state index contributed by atoms with van der Waals surface area (Å²) < 4.78 is 27.4. The van der Waals surface area contributed by atoms with Crippen molar-refractivity contribution in [3.63, 3.8) is 0 Å². The summed E-state index contributed by atoms with van der Waals surface area (Å²) >= 11 is 0. The molecule has 1 aromatic heterocycles. The van der Waals surface area contributed by atoms with Crippen LogP contribution in [0.15, 0.2) is 30.3 Å². The van der Waals surface area contributed by atoms with Gasteiger partial charge in [0.15, 0.2) is 0 Å². The highest BCUT2D eigenvalue weighted by Crippen LogP contribution is 2.25. The second kappa shape index (κ2) is 5.46. The largest absolute Gasteiger partial charge is 0.345 e. The van der Waals surface area contributed by atoms with Gasteiger partial charge in [0.1, 0.15) is 0 Å². The summed E-state index contributed by atoms with van der Waals surface area (Å²) in [5.41, 5.74) is 2.49. The first kappa shape index (κ1) is 14.6. The Labute approximate surface area is 126 Å². The van der Waals surface area contributed by atoms with Crippen molar-refractivity contribution in [3.8, 4) is 0 Å². The zero-order valence-electron chi connectivity index (χ0n) is 12.6. The number of piperidine rings is 1. The van der Waals surface area contributed by atoms with Gasteiger partial charge in [0, 0.05) is 30.8 Å². The van der Waals surface area contributed by atoms with Gasteiger partial charge in [0.2, 0.25) is 10.0 Å². The smallest absolute Gasteiger partial charge is 0.211 e. The van der Waals surface area contributed by atoms with E-state index in [1.165, 1.54) is 22.9 Å². The van der Waals surface area contributed by atoms with E-state index in [2.05, 4.69) is 41.8 Å². The van der Waals surface area contributed by atoms with Crippen molar-refractivity contribution in [2.75, 3.05) is 19.3 Å². The van der Waals surface area contributed by atoms with Crippen molar-refractivity contribution in [2.45, 2.75) is 26.3 Å². The molecule has 5 heteroatoms. The summed E-state index contributed by atoms with van der Waals surface area (Å²) in [5.74, 6) is 0.392. The van der Waals surface area contributed by atoms with Crippen LogP contribution in [0.1, 0.15) is 18.5 Å². The molecular weight excluding hydrogens is 284 g/mol. The van der Waals surface area contributed by atoms with Gasteiger partial charge in [-0.15, -0.1) is 0 Å². The molecule has 0 spiro atoms. The first-order valence-electron chi connectivity index (χ1n) is 7.45. The Hall–Kier alpha value is -1.33. The van der Waals surface area contributed by atoms with Crippen LogP contribution in [-0.4, -0.2) is 36.6 Å². The predicted octanol–water partition coefficient (Wildman–Crippen LogP) is 2.62. The molecule has 4 nitrogen and oxygen atoms in total. The van der Waals surface area contributed by atoms with Crippen LogP contribution < -0.4 is 0 Å². The van der Waals surface area contributed by atoms with E-state index < -0.39 is 10.0 Å². The number of nitrogens with zero attached hydrogens (tertiary/aromatic N) is 2. The number of hydrogen-bond donors (Lipinski definition) is 0. The molecule has 1 aliphatic heterocycles. The second-order valence-electron chi connectivity index (χ2n) is 6.08. The summed E-state index contributed by atoms with van der Waals surface area (Å²) in [5, 5.41) is 1.26. The van der Waals surface area contributed by atoms with Crippen LogP contribution in [-0.2, 0) is 16.6 Å². The molecule has 0 amide bonds. The molecule has 0 aliphatic carbocycles. The second-order valence-corrected chi connectivity index (χ2v) is 8.07. The van der Waals surface area contributed by atoms with Crippen LogP contribution >= 0.6 is 0 Å². The molecular formula is C16H22N2O2S. The van der Waals surface area contributed by atoms with Crippen LogP contribution in [0.2, 0.25) is 0 Å². The van der Waals surface area contributed by atoms with Crippen molar-refractivity contribution in [1.29, 1.82) is 0 Å². The number of fused-ring (bicyclic) bond motifs is 1. The average Bonchev–Trinajstić information content (AvgIpc) is 2.75. The third kappa shape index (κ3) is 2.99. The van der Waals surface area contributed by atoms with E-state index in [1.54, 1.807) is 4.31 Å². The lowest BCUT2D eigenvalue weighted by molar-refractivity contribution is 0.247. The highest BCUT2D eigenvalue weighted by molar-refractivity contribution is 7.88. The summed E-state index contributed by atoms with van der Waals surface area (Å²) in [6.07, 6.45) is 3.36. The van der Waals surface area contributed by atoms with Gasteiger partial charge >= 0.3 is 0 Å². The third-order valence-electron chi connectivity index (χ3n) is 4.41. The average molecular weight is 306 g/mol. The molecule has 0 N–H and O–H groups in total. The normalized spacial score (nSPS) is 21.0. The fourth-order valence-electron chi connectivity index (χ4n) is 3.33. The van der Waals surface area contributed by atoms with Gasteiger partial charge in [-0.2, -0.15) is 0 Å². The Morgan fingerprint density at radius 2 is 2.05 bits per heavy atom. The van der Waals surface area contributed by atoms with Gasteiger partial charge in [0.05, 0.1) is 6.26 Å². The maximum atomic E-state index is 11.7. The van der Waals surface area contributed by atoms with Crippen molar-refractivity contribution in [1.82, 2.24) is 8.87 Å². The van der Waals surface area contributed by atoms with Crippen LogP contribution in [0, 0.1) is 12.8 Å². The number of benzene rings is 1. The van der Waals surface area contributed by atoms with Gasteiger partial charge in [-0.05, 0) is 43.2 Å². The number of para-hydroxylation sites is 1. The molecule has 21 heavy (non-hydrogen) atoms. The molecule has 0 saturated carbocycles. The van der Waals surface area contributed by atoms with Crippen molar-refractivity contribution in [2.24, 2.45) is 5.92 Å². The highest BCUT2D eigenvalue weighted by Gasteiger charge is 2.26. The Balaban J connectivity index is 1.84. The molecule has 0 bridgehead atoms. The monoisotopic (exact) mass is 306 g/mol. The number of aromatic nitrogens is 1. The van der Waals surface area contributed by atoms with Crippen molar-refractivity contribution < 1.29 is 8.42 Å². The van der Waals surface area contributed by atoms with Crippen LogP contribution in [0.3, 0.4) is 0 Å². The third-order valence-corrected chi connectivity index (χ3v) is 5.68.